The van der Waals surface area contributed by atoms with E-state index in [0.29, 0.717) is 21.0 Å². The lowest BCUT2D eigenvalue weighted by Crippen LogP contribution is -2.35. The van der Waals surface area contributed by atoms with Gasteiger partial charge in [-0.3, -0.25) is 9.36 Å². The Balaban J connectivity index is 1.91. The molecule has 29 heavy (non-hydrogen) atoms. The van der Waals surface area contributed by atoms with Crippen molar-refractivity contribution in [3.8, 4) is 5.69 Å². The molecule has 1 N–H and O–H groups in total. The largest absolute Gasteiger partial charge is 0.348 e. The van der Waals surface area contributed by atoms with Gasteiger partial charge in [0.2, 0.25) is 5.91 Å². The summed E-state index contributed by atoms with van der Waals surface area (Å²) in [7, 11) is 0. The summed E-state index contributed by atoms with van der Waals surface area (Å²) < 4.78 is 1.87. The maximum Gasteiger partial charge on any atom is 0.225 e. The van der Waals surface area contributed by atoms with Crippen molar-refractivity contribution in [3.05, 3.63) is 70.0 Å². The Morgan fingerprint density at radius 3 is 2.48 bits per heavy atom. The van der Waals surface area contributed by atoms with Crippen LogP contribution in [-0.2, 0) is 17.1 Å². The van der Waals surface area contributed by atoms with Crippen molar-refractivity contribution in [2.24, 2.45) is 5.41 Å². The van der Waals surface area contributed by atoms with E-state index >= 15 is 0 Å². The van der Waals surface area contributed by atoms with E-state index in [1.165, 1.54) is 5.56 Å². The standard InChI is InChI=1S/C21H22Cl2N4OS/c1-21(2,3)19(28)24-12-18-25-26-20(29-13-14-7-5-4-6-8-14)27(18)17-10-9-15(22)11-16(17)23/h4-11H,12-13H2,1-3H3,(H,24,28). The van der Waals surface area contributed by atoms with Crippen molar-refractivity contribution in [1.82, 2.24) is 20.1 Å². The van der Waals surface area contributed by atoms with E-state index in [1.54, 1.807) is 23.9 Å². The Labute approximate surface area is 184 Å². The number of carbonyl (C=O) groups excluding carboxylic acids is 1. The van der Waals surface area contributed by atoms with E-state index in [0.717, 1.165) is 11.4 Å². The summed E-state index contributed by atoms with van der Waals surface area (Å²) in [5.41, 5.74) is 1.40. The summed E-state index contributed by atoms with van der Waals surface area (Å²) in [5, 5.41) is 13.3. The first-order chi connectivity index (χ1) is 13.8. The predicted molar refractivity (Wildman–Crippen MR) is 119 cm³/mol. The van der Waals surface area contributed by atoms with Crippen LogP contribution in [-0.4, -0.2) is 20.7 Å². The fourth-order valence-electron chi connectivity index (χ4n) is 2.56. The molecule has 0 saturated carbocycles. The summed E-state index contributed by atoms with van der Waals surface area (Å²) in [5.74, 6) is 1.27. The number of halogens is 2. The number of nitrogens with zero attached hydrogens (tertiary/aromatic N) is 3. The minimum absolute atomic E-state index is 0.0623. The maximum atomic E-state index is 12.3. The molecule has 152 valence electrons. The minimum atomic E-state index is -0.492. The number of thioether (sulfide) groups is 1. The Morgan fingerprint density at radius 1 is 1.10 bits per heavy atom. The van der Waals surface area contributed by atoms with Crippen LogP contribution in [0.25, 0.3) is 5.69 Å². The van der Waals surface area contributed by atoms with Gasteiger partial charge in [0, 0.05) is 16.2 Å². The summed E-state index contributed by atoms with van der Waals surface area (Å²) in [4.78, 5) is 12.3. The van der Waals surface area contributed by atoms with Crippen LogP contribution >= 0.6 is 35.0 Å². The molecule has 0 spiro atoms. The summed E-state index contributed by atoms with van der Waals surface area (Å²) in [6.45, 7) is 5.84. The molecule has 0 fully saturated rings. The van der Waals surface area contributed by atoms with Gasteiger partial charge in [0.15, 0.2) is 11.0 Å². The molecule has 8 heteroatoms. The topological polar surface area (TPSA) is 59.8 Å². The lowest BCUT2D eigenvalue weighted by atomic mass is 9.96. The molecule has 3 rings (SSSR count). The van der Waals surface area contributed by atoms with Crippen LogP contribution in [0, 0.1) is 5.41 Å². The molecular weight excluding hydrogens is 427 g/mol. The average Bonchev–Trinajstić information content (AvgIpc) is 3.07. The zero-order chi connectivity index (χ0) is 21.0. The van der Waals surface area contributed by atoms with Gasteiger partial charge in [0.05, 0.1) is 17.3 Å². The number of aromatic nitrogens is 3. The van der Waals surface area contributed by atoms with Crippen molar-refractivity contribution in [3.63, 3.8) is 0 Å². The summed E-state index contributed by atoms with van der Waals surface area (Å²) in [6, 6.07) is 15.4. The molecule has 5 nitrogen and oxygen atoms in total. The first-order valence-corrected chi connectivity index (χ1v) is 10.8. The van der Waals surface area contributed by atoms with Crippen molar-refractivity contribution in [2.75, 3.05) is 0 Å². The molecule has 0 atom stereocenters. The van der Waals surface area contributed by atoms with Crippen molar-refractivity contribution < 1.29 is 4.79 Å². The highest BCUT2D eigenvalue weighted by Crippen LogP contribution is 2.30. The number of nitrogens with one attached hydrogen (secondary N) is 1. The molecule has 0 bridgehead atoms. The second-order valence-electron chi connectivity index (χ2n) is 7.54. The second kappa shape index (κ2) is 9.20. The number of rotatable bonds is 6. The van der Waals surface area contributed by atoms with Gasteiger partial charge in [-0.05, 0) is 23.8 Å². The molecule has 0 aliphatic heterocycles. The number of amides is 1. The lowest BCUT2D eigenvalue weighted by molar-refractivity contribution is -0.128. The van der Waals surface area contributed by atoms with Crippen LogP contribution in [0.2, 0.25) is 10.0 Å². The molecule has 0 aliphatic rings. The predicted octanol–water partition coefficient (Wildman–Crippen LogP) is 5.53. The van der Waals surface area contributed by atoms with Crippen LogP contribution < -0.4 is 5.32 Å². The molecule has 1 amide bonds. The zero-order valence-corrected chi connectivity index (χ0v) is 18.8. The van der Waals surface area contributed by atoms with Crippen molar-refractivity contribution >= 4 is 40.9 Å². The van der Waals surface area contributed by atoms with E-state index in [9.17, 15) is 4.79 Å². The van der Waals surface area contributed by atoms with Gasteiger partial charge in [0.25, 0.3) is 0 Å². The highest BCUT2D eigenvalue weighted by atomic mass is 35.5. The number of carbonyl (C=O) groups is 1. The Bertz CT molecular complexity index is 1000. The quantitative estimate of drug-likeness (QED) is 0.503. The van der Waals surface area contributed by atoms with Crippen LogP contribution in [0.1, 0.15) is 32.2 Å². The molecule has 3 aromatic rings. The third kappa shape index (κ3) is 5.53. The Hall–Kier alpha value is -2.02. The lowest BCUT2D eigenvalue weighted by Gasteiger charge is -2.18. The van der Waals surface area contributed by atoms with Crippen molar-refractivity contribution in [2.45, 2.75) is 38.2 Å². The smallest absolute Gasteiger partial charge is 0.225 e. The molecule has 0 unspecified atom stereocenters. The van der Waals surface area contributed by atoms with Gasteiger partial charge < -0.3 is 5.32 Å². The summed E-state index contributed by atoms with van der Waals surface area (Å²) in [6.07, 6.45) is 0. The fraction of sp³-hybridized carbons (Fsp3) is 0.286. The third-order valence-electron chi connectivity index (χ3n) is 4.15. The summed E-state index contributed by atoms with van der Waals surface area (Å²) >= 11 is 14.1. The SMILES string of the molecule is CC(C)(C)C(=O)NCc1nnc(SCc2ccccc2)n1-c1ccc(Cl)cc1Cl. The van der Waals surface area contributed by atoms with Gasteiger partial charge in [-0.15, -0.1) is 10.2 Å². The van der Waals surface area contributed by atoms with Gasteiger partial charge in [-0.25, -0.2) is 0 Å². The monoisotopic (exact) mass is 448 g/mol. The molecule has 1 aromatic heterocycles. The minimum Gasteiger partial charge on any atom is -0.348 e. The number of hydrogen-bond acceptors (Lipinski definition) is 4. The Kier molecular flexibility index (Phi) is 6.88. The van der Waals surface area contributed by atoms with Gasteiger partial charge in [-0.2, -0.15) is 0 Å². The molecule has 0 saturated heterocycles. The van der Waals surface area contributed by atoms with Crippen LogP contribution in [0.15, 0.2) is 53.7 Å². The normalized spacial score (nSPS) is 11.5. The zero-order valence-electron chi connectivity index (χ0n) is 16.4. The third-order valence-corrected chi connectivity index (χ3v) is 5.69. The van der Waals surface area contributed by atoms with E-state index < -0.39 is 5.41 Å². The van der Waals surface area contributed by atoms with Gasteiger partial charge in [0.1, 0.15) is 0 Å². The van der Waals surface area contributed by atoms with Gasteiger partial charge >= 0.3 is 0 Å². The fourth-order valence-corrected chi connectivity index (χ4v) is 3.97. The Morgan fingerprint density at radius 2 is 1.83 bits per heavy atom. The first-order valence-electron chi connectivity index (χ1n) is 9.10. The van der Waals surface area contributed by atoms with Crippen LogP contribution in [0.5, 0.6) is 0 Å². The molecule has 0 aliphatic carbocycles. The maximum absolute atomic E-state index is 12.3. The molecule has 2 aromatic carbocycles. The number of benzene rings is 2. The first kappa shape index (κ1) is 21.7. The van der Waals surface area contributed by atoms with E-state index in [2.05, 4.69) is 27.6 Å². The van der Waals surface area contributed by atoms with E-state index in [4.69, 9.17) is 23.2 Å². The average molecular weight is 449 g/mol. The van der Waals surface area contributed by atoms with E-state index in [-0.39, 0.29) is 12.5 Å². The molecule has 0 radical (unpaired) electrons. The second-order valence-corrected chi connectivity index (χ2v) is 9.32. The van der Waals surface area contributed by atoms with Crippen molar-refractivity contribution in [1.29, 1.82) is 0 Å². The van der Waals surface area contributed by atoms with E-state index in [1.807, 2.05) is 49.6 Å². The highest BCUT2D eigenvalue weighted by molar-refractivity contribution is 7.98. The molecule has 1 heterocycles. The van der Waals surface area contributed by atoms with Crippen LogP contribution in [0.4, 0.5) is 0 Å². The number of hydrogen-bond donors (Lipinski definition) is 1. The van der Waals surface area contributed by atoms with Crippen LogP contribution in [0.3, 0.4) is 0 Å². The molecular formula is C21H22Cl2N4OS. The highest BCUT2D eigenvalue weighted by Gasteiger charge is 2.23. The van der Waals surface area contributed by atoms with Gasteiger partial charge in [-0.1, -0.05) is 86.1 Å².